The van der Waals surface area contributed by atoms with Gasteiger partial charge in [0.05, 0.1) is 11.8 Å². The smallest absolute Gasteiger partial charge is 0.391 e. The Bertz CT molecular complexity index is 749. The van der Waals surface area contributed by atoms with E-state index in [2.05, 4.69) is 11.2 Å². The lowest BCUT2D eigenvalue weighted by molar-refractivity contribution is -0.137. The molecule has 5 heteroatoms. The van der Waals surface area contributed by atoms with Crippen molar-refractivity contribution in [3.63, 3.8) is 0 Å². The molecule has 1 saturated carbocycles. The third-order valence-electron chi connectivity index (χ3n) is 4.79. The first-order valence-electron chi connectivity index (χ1n) is 8.94. The summed E-state index contributed by atoms with van der Waals surface area (Å²) in [6, 6.07) is 13.2. The molecule has 0 spiro atoms. The van der Waals surface area contributed by atoms with Gasteiger partial charge in [0.2, 0.25) is 0 Å². The van der Waals surface area contributed by atoms with Crippen molar-refractivity contribution in [1.82, 2.24) is 0 Å². The molecule has 26 heavy (non-hydrogen) atoms. The number of halogens is 3. The molecular weight excluding hydrogens is 339 g/mol. The van der Waals surface area contributed by atoms with Crippen molar-refractivity contribution >= 4 is 6.21 Å². The van der Waals surface area contributed by atoms with E-state index in [-0.39, 0.29) is 6.61 Å². The number of oxime groups is 1. The maximum absolute atomic E-state index is 12.7. The summed E-state index contributed by atoms with van der Waals surface area (Å²) in [4.78, 5) is 5.24. The summed E-state index contributed by atoms with van der Waals surface area (Å²) in [5, 5.41) is 3.98. The number of hydrogen-bond acceptors (Lipinski definition) is 2. The molecule has 0 bridgehead atoms. The van der Waals surface area contributed by atoms with E-state index in [0.29, 0.717) is 11.5 Å². The van der Waals surface area contributed by atoms with E-state index >= 15 is 0 Å². The van der Waals surface area contributed by atoms with Crippen molar-refractivity contribution in [3.8, 4) is 0 Å². The number of hydrogen-bond donors (Lipinski definition) is 0. The molecule has 1 fully saturated rings. The highest BCUT2D eigenvalue weighted by Gasteiger charge is 2.30. The molecule has 0 atom stereocenters. The van der Waals surface area contributed by atoms with Crippen LogP contribution in [0.25, 0.3) is 0 Å². The standard InChI is InChI=1S/C21H22F3NO/c22-21(23,24)19-11-6-7-16(13-19)15-26-25-14-18-10-4-5-12-20(18)17-8-2-1-3-9-17/h4-7,10-14,17H,1-3,8-9,15H2. The van der Waals surface area contributed by atoms with E-state index in [4.69, 9.17) is 4.84 Å². The summed E-state index contributed by atoms with van der Waals surface area (Å²) in [7, 11) is 0. The van der Waals surface area contributed by atoms with Crippen LogP contribution in [0.15, 0.2) is 53.7 Å². The minimum Gasteiger partial charge on any atom is -0.391 e. The van der Waals surface area contributed by atoms with Gasteiger partial charge < -0.3 is 4.84 Å². The van der Waals surface area contributed by atoms with Crippen LogP contribution >= 0.6 is 0 Å². The molecule has 1 aliphatic carbocycles. The summed E-state index contributed by atoms with van der Waals surface area (Å²) < 4.78 is 38.2. The molecule has 138 valence electrons. The Hall–Kier alpha value is -2.30. The van der Waals surface area contributed by atoms with Crippen LogP contribution in [0, 0.1) is 0 Å². The molecular formula is C21H22F3NO. The van der Waals surface area contributed by atoms with Crippen LogP contribution in [-0.2, 0) is 17.6 Å². The average molecular weight is 361 g/mol. The van der Waals surface area contributed by atoms with E-state index in [1.807, 2.05) is 18.2 Å². The van der Waals surface area contributed by atoms with E-state index in [1.165, 1.54) is 43.7 Å². The highest BCUT2D eigenvalue weighted by molar-refractivity contribution is 5.81. The third-order valence-corrected chi connectivity index (χ3v) is 4.79. The first kappa shape index (κ1) is 18.5. The molecule has 3 rings (SSSR count). The minimum absolute atomic E-state index is 0.00597. The highest BCUT2D eigenvalue weighted by Crippen LogP contribution is 2.34. The Balaban J connectivity index is 1.63. The Morgan fingerprint density at radius 1 is 1.00 bits per heavy atom. The van der Waals surface area contributed by atoms with Gasteiger partial charge in [-0.25, -0.2) is 0 Å². The maximum atomic E-state index is 12.7. The van der Waals surface area contributed by atoms with Crippen molar-refractivity contribution in [2.45, 2.75) is 50.8 Å². The molecule has 0 unspecified atom stereocenters. The molecule has 0 aromatic heterocycles. The molecule has 0 heterocycles. The van der Waals surface area contributed by atoms with Crippen LogP contribution in [-0.4, -0.2) is 6.21 Å². The van der Waals surface area contributed by atoms with Gasteiger partial charge in [-0.1, -0.05) is 60.8 Å². The third kappa shape index (κ3) is 4.87. The number of rotatable bonds is 5. The van der Waals surface area contributed by atoms with Crippen molar-refractivity contribution in [1.29, 1.82) is 0 Å². The number of alkyl halides is 3. The van der Waals surface area contributed by atoms with Crippen molar-refractivity contribution in [2.75, 3.05) is 0 Å². The van der Waals surface area contributed by atoms with Crippen molar-refractivity contribution in [2.24, 2.45) is 5.16 Å². The lowest BCUT2D eigenvalue weighted by atomic mass is 9.82. The van der Waals surface area contributed by atoms with Gasteiger partial charge in [-0.15, -0.1) is 0 Å². The van der Waals surface area contributed by atoms with Gasteiger partial charge in [-0.05, 0) is 47.6 Å². The van der Waals surface area contributed by atoms with Crippen LogP contribution in [0.1, 0.15) is 60.3 Å². The molecule has 0 aliphatic heterocycles. The van der Waals surface area contributed by atoms with Crippen LogP contribution in [0.4, 0.5) is 13.2 Å². The molecule has 2 aromatic rings. The van der Waals surface area contributed by atoms with E-state index in [0.717, 1.165) is 17.7 Å². The van der Waals surface area contributed by atoms with Crippen LogP contribution in [0.3, 0.4) is 0 Å². The quantitative estimate of drug-likeness (QED) is 0.452. The Kier molecular flexibility index (Phi) is 5.96. The first-order chi connectivity index (χ1) is 12.5. The molecule has 1 aliphatic rings. The normalized spacial score (nSPS) is 16.1. The fourth-order valence-electron chi connectivity index (χ4n) is 3.46. The van der Waals surface area contributed by atoms with Crippen molar-refractivity contribution in [3.05, 3.63) is 70.8 Å². The minimum atomic E-state index is -4.35. The Labute approximate surface area is 151 Å². The molecule has 0 radical (unpaired) electrons. The lowest BCUT2D eigenvalue weighted by Gasteiger charge is -2.23. The zero-order valence-corrected chi connectivity index (χ0v) is 14.5. The Morgan fingerprint density at radius 3 is 2.54 bits per heavy atom. The maximum Gasteiger partial charge on any atom is 0.416 e. The second-order valence-corrected chi connectivity index (χ2v) is 6.67. The van der Waals surface area contributed by atoms with Crippen LogP contribution in [0.2, 0.25) is 0 Å². The fraction of sp³-hybridized carbons (Fsp3) is 0.381. The number of benzene rings is 2. The van der Waals surface area contributed by atoms with Crippen LogP contribution < -0.4 is 0 Å². The summed E-state index contributed by atoms with van der Waals surface area (Å²) in [6.45, 7) is 0.00597. The predicted octanol–water partition coefficient (Wildman–Crippen LogP) is 6.30. The van der Waals surface area contributed by atoms with Gasteiger partial charge in [0.25, 0.3) is 0 Å². The van der Waals surface area contributed by atoms with Crippen molar-refractivity contribution < 1.29 is 18.0 Å². The molecule has 0 saturated heterocycles. The van der Waals surface area contributed by atoms with Gasteiger partial charge in [-0.2, -0.15) is 13.2 Å². The zero-order valence-electron chi connectivity index (χ0n) is 14.5. The molecule has 2 nitrogen and oxygen atoms in total. The van der Waals surface area contributed by atoms with Gasteiger partial charge in [0.15, 0.2) is 0 Å². The molecule has 2 aromatic carbocycles. The Morgan fingerprint density at radius 2 is 1.77 bits per heavy atom. The highest BCUT2D eigenvalue weighted by atomic mass is 19.4. The average Bonchev–Trinajstić information content (AvgIpc) is 2.66. The summed E-state index contributed by atoms with van der Waals surface area (Å²) in [6.07, 6.45) is 3.50. The van der Waals surface area contributed by atoms with E-state index in [9.17, 15) is 13.2 Å². The molecule has 0 amide bonds. The predicted molar refractivity (Wildman–Crippen MR) is 96.1 cm³/mol. The summed E-state index contributed by atoms with van der Waals surface area (Å²) >= 11 is 0. The second-order valence-electron chi connectivity index (χ2n) is 6.67. The summed E-state index contributed by atoms with van der Waals surface area (Å²) in [5.74, 6) is 0.551. The van der Waals surface area contributed by atoms with Gasteiger partial charge in [-0.3, -0.25) is 0 Å². The monoisotopic (exact) mass is 361 g/mol. The zero-order chi connectivity index (χ0) is 18.4. The summed E-state index contributed by atoms with van der Waals surface area (Å²) in [5.41, 5.74) is 2.06. The van der Waals surface area contributed by atoms with Gasteiger partial charge in [0, 0.05) is 0 Å². The van der Waals surface area contributed by atoms with Gasteiger partial charge >= 0.3 is 6.18 Å². The topological polar surface area (TPSA) is 21.6 Å². The fourth-order valence-corrected chi connectivity index (χ4v) is 3.46. The van der Waals surface area contributed by atoms with E-state index in [1.54, 1.807) is 12.3 Å². The number of nitrogens with zero attached hydrogens (tertiary/aromatic N) is 1. The largest absolute Gasteiger partial charge is 0.416 e. The lowest BCUT2D eigenvalue weighted by Crippen LogP contribution is -2.07. The SMILES string of the molecule is FC(F)(F)c1cccc(CON=Cc2ccccc2C2CCCCC2)c1. The van der Waals surface area contributed by atoms with Crippen LogP contribution in [0.5, 0.6) is 0 Å². The van der Waals surface area contributed by atoms with E-state index < -0.39 is 11.7 Å². The molecule has 0 N–H and O–H groups in total. The first-order valence-corrected chi connectivity index (χ1v) is 8.94. The van der Waals surface area contributed by atoms with Gasteiger partial charge in [0.1, 0.15) is 6.61 Å². The second kappa shape index (κ2) is 8.39.